The number of hydrogen-bond acceptors (Lipinski definition) is 2. The van der Waals surface area contributed by atoms with Gasteiger partial charge in [-0.3, -0.25) is 4.79 Å². The number of nitrogens with one attached hydrogen (secondary N) is 1. The van der Waals surface area contributed by atoms with Crippen LogP contribution in [-0.4, -0.2) is 17.5 Å². The molecule has 0 aliphatic rings. The molecule has 1 atom stereocenters. The van der Waals surface area contributed by atoms with E-state index in [-0.39, 0.29) is 11.9 Å². The molecule has 0 aliphatic carbocycles. The molecule has 0 heterocycles. The molecular weight excluding hydrogens is 188 g/mol. The molecule has 0 aromatic heterocycles. The minimum Gasteiger partial charge on any atom is -0.342 e. The lowest BCUT2D eigenvalue weighted by atomic mass is 9.74. The maximum Gasteiger partial charge on any atom is 0.228 e. The third kappa shape index (κ3) is 3.24. The van der Waals surface area contributed by atoms with E-state index in [0.29, 0.717) is 0 Å². The first kappa shape index (κ1) is 14.0. The van der Waals surface area contributed by atoms with E-state index in [9.17, 15) is 4.79 Å². The van der Waals surface area contributed by atoms with Gasteiger partial charge in [0.05, 0.1) is 11.5 Å². The SMILES string of the molecule is C#CC(CC)NC(=O)C(C)(C)C(C)(C)N. The zero-order chi connectivity index (χ0) is 12.3. The Labute approximate surface area is 92.8 Å². The molecule has 3 nitrogen and oxygen atoms in total. The number of carbonyl (C=O) groups excluding carboxylic acids is 1. The molecule has 0 fully saturated rings. The zero-order valence-electron chi connectivity index (χ0n) is 10.3. The third-order valence-electron chi connectivity index (χ3n) is 3.09. The standard InChI is InChI=1S/C12H22N2O/c1-7-9(8-2)14-10(15)11(3,4)12(5,6)13/h1,9H,8,13H2,2-6H3,(H,14,15). The van der Waals surface area contributed by atoms with Gasteiger partial charge in [-0.2, -0.15) is 0 Å². The average molecular weight is 210 g/mol. The van der Waals surface area contributed by atoms with Crippen molar-refractivity contribution >= 4 is 5.91 Å². The number of hydrogen-bond donors (Lipinski definition) is 2. The van der Waals surface area contributed by atoms with Crippen LogP contribution in [-0.2, 0) is 4.79 Å². The number of carbonyl (C=O) groups is 1. The summed E-state index contributed by atoms with van der Waals surface area (Å²) in [4.78, 5) is 12.0. The van der Waals surface area contributed by atoms with Gasteiger partial charge < -0.3 is 11.1 Å². The van der Waals surface area contributed by atoms with E-state index < -0.39 is 11.0 Å². The van der Waals surface area contributed by atoms with Gasteiger partial charge in [0.15, 0.2) is 0 Å². The summed E-state index contributed by atoms with van der Waals surface area (Å²) in [5.41, 5.74) is 4.74. The second-order valence-corrected chi connectivity index (χ2v) is 4.95. The lowest BCUT2D eigenvalue weighted by Crippen LogP contribution is -2.56. The minimum atomic E-state index is -0.642. The molecule has 3 N–H and O–H groups in total. The van der Waals surface area contributed by atoms with Gasteiger partial charge in [0.1, 0.15) is 0 Å². The second kappa shape index (κ2) is 4.67. The van der Waals surface area contributed by atoms with Crippen molar-refractivity contribution in [3.8, 4) is 12.3 Å². The average Bonchev–Trinajstić information content (AvgIpc) is 2.11. The summed E-state index contributed by atoms with van der Waals surface area (Å²) in [5.74, 6) is 2.44. The maximum absolute atomic E-state index is 12.0. The topological polar surface area (TPSA) is 55.1 Å². The van der Waals surface area contributed by atoms with Crippen LogP contribution in [0.4, 0.5) is 0 Å². The van der Waals surface area contributed by atoms with Crippen molar-refractivity contribution in [2.24, 2.45) is 11.1 Å². The lowest BCUT2D eigenvalue weighted by molar-refractivity contribution is -0.132. The molecule has 0 aliphatic heterocycles. The fourth-order valence-electron chi connectivity index (χ4n) is 0.893. The molecule has 1 amide bonds. The van der Waals surface area contributed by atoms with Gasteiger partial charge in [0, 0.05) is 5.54 Å². The molecule has 15 heavy (non-hydrogen) atoms. The molecule has 0 radical (unpaired) electrons. The Hall–Kier alpha value is -1.01. The predicted octanol–water partition coefficient (Wildman–Crippen LogP) is 1.28. The highest BCUT2D eigenvalue weighted by molar-refractivity contribution is 5.83. The van der Waals surface area contributed by atoms with Crippen molar-refractivity contribution in [1.29, 1.82) is 0 Å². The van der Waals surface area contributed by atoms with Crippen LogP contribution in [0.5, 0.6) is 0 Å². The predicted molar refractivity (Wildman–Crippen MR) is 63.1 cm³/mol. The lowest BCUT2D eigenvalue weighted by Gasteiger charge is -2.37. The van der Waals surface area contributed by atoms with Crippen molar-refractivity contribution in [2.75, 3.05) is 0 Å². The van der Waals surface area contributed by atoms with Gasteiger partial charge in [-0.15, -0.1) is 6.42 Å². The highest BCUT2D eigenvalue weighted by Crippen LogP contribution is 2.28. The summed E-state index contributed by atoms with van der Waals surface area (Å²) >= 11 is 0. The van der Waals surface area contributed by atoms with Crippen molar-refractivity contribution in [3.05, 3.63) is 0 Å². The number of nitrogens with two attached hydrogens (primary N) is 1. The Balaban J connectivity index is 4.67. The van der Waals surface area contributed by atoms with Crippen molar-refractivity contribution in [3.63, 3.8) is 0 Å². The van der Waals surface area contributed by atoms with Gasteiger partial charge in [0.25, 0.3) is 0 Å². The Morgan fingerprint density at radius 2 is 1.93 bits per heavy atom. The monoisotopic (exact) mass is 210 g/mol. The molecule has 0 saturated carbocycles. The molecule has 3 heteroatoms. The quantitative estimate of drug-likeness (QED) is 0.687. The van der Waals surface area contributed by atoms with E-state index in [2.05, 4.69) is 11.2 Å². The van der Waals surface area contributed by atoms with Gasteiger partial charge in [-0.1, -0.05) is 12.8 Å². The van der Waals surface area contributed by atoms with E-state index in [4.69, 9.17) is 12.2 Å². The first-order chi connectivity index (χ1) is 6.66. The molecule has 86 valence electrons. The van der Waals surface area contributed by atoms with E-state index in [1.807, 2.05) is 34.6 Å². The summed E-state index contributed by atoms with van der Waals surface area (Å²) in [5, 5.41) is 2.81. The Kier molecular flexibility index (Phi) is 4.36. The molecule has 1 unspecified atom stereocenters. The van der Waals surface area contributed by atoms with Crippen molar-refractivity contribution in [1.82, 2.24) is 5.32 Å². The fraction of sp³-hybridized carbons (Fsp3) is 0.750. The van der Waals surface area contributed by atoms with Crippen LogP contribution in [0, 0.1) is 17.8 Å². The molecular formula is C12H22N2O. The molecule has 0 aromatic carbocycles. The minimum absolute atomic E-state index is 0.0974. The van der Waals surface area contributed by atoms with Gasteiger partial charge in [-0.05, 0) is 34.1 Å². The van der Waals surface area contributed by atoms with Crippen LogP contribution in [0.3, 0.4) is 0 Å². The van der Waals surface area contributed by atoms with Gasteiger partial charge in [0.2, 0.25) is 5.91 Å². The molecule has 0 spiro atoms. The smallest absolute Gasteiger partial charge is 0.228 e. The van der Waals surface area contributed by atoms with Crippen LogP contribution in [0.25, 0.3) is 0 Å². The maximum atomic E-state index is 12.0. The van der Waals surface area contributed by atoms with Gasteiger partial charge in [-0.25, -0.2) is 0 Å². The van der Waals surface area contributed by atoms with Crippen molar-refractivity contribution < 1.29 is 4.79 Å². The van der Waals surface area contributed by atoms with Crippen LogP contribution in [0.1, 0.15) is 41.0 Å². The van der Waals surface area contributed by atoms with E-state index >= 15 is 0 Å². The molecule has 0 rings (SSSR count). The fourth-order valence-corrected chi connectivity index (χ4v) is 0.893. The highest BCUT2D eigenvalue weighted by Gasteiger charge is 2.40. The van der Waals surface area contributed by atoms with Crippen LogP contribution in [0.2, 0.25) is 0 Å². The number of terminal acetylenes is 1. The number of rotatable bonds is 4. The third-order valence-corrected chi connectivity index (χ3v) is 3.09. The summed E-state index contributed by atoms with van der Waals surface area (Å²) in [7, 11) is 0. The molecule has 0 aromatic rings. The summed E-state index contributed by atoms with van der Waals surface area (Å²) in [6, 6.07) is -0.209. The van der Waals surface area contributed by atoms with Gasteiger partial charge >= 0.3 is 0 Å². The zero-order valence-corrected chi connectivity index (χ0v) is 10.3. The van der Waals surface area contributed by atoms with E-state index in [0.717, 1.165) is 6.42 Å². The Morgan fingerprint density at radius 1 is 1.47 bits per heavy atom. The van der Waals surface area contributed by atoms with E-state index in [1.165, 1.54) is 0 Å². The molecule has 0 bridgehead atoms. The highest BCUT2D eigenvalue weighted by atomic mass is 16.2. The Morgan fingerprint density at radius 3 is 2.20 bits per heavy atom. The second-order valence-electron chi connectivity index (χ2n) is 4.95. The normalized spacial score (nSPS) is 14.2. The summed E-state index contributed by atoms with van der Waals surface area (Å²) in [6.07, 6.45) is 6.01. The first-order valence-electron chi connectivity index (χ1n) is 5.22. The van der Waals surface area contributed by atoms with Crippen LogP contribution < -0.4 is 11.1 Å². The summed E-state index contributed by atoms with van der Waals surface area (Å²) < 4.78 is 0. The summed E-state index contributed by atoms with van der Waals surface area (Å²) in [6.45, 7) is 9.26. The van der Waals surface area contributed by atoms with Crippen LogP contribution >= 0.6 is 0 Å². The Bertz CT molecular complexity index is 268. The van der Waals surface area contributed by atoms with Crippen LogP contribution in [0.15, 0.2) is 0 Å². The number of amides is 1. The molecule has 0 saturated heterocycles. The van der Waals surface area contributed by atoms with Crippen molar-refractivity contribution in [2.45, 2.75) is 52.6 Å². The van der Waals surface area contributed by atoms with E-state index in [1.54, 1.807) is 0 Å². The largest absolute Gasteiger partial charge is 0.342 e. The first-order valence-corrected chi connectivity index (χ1v) is 5.22.